The van der Waals surface area contributed by atoms with Crippen molar-refractivity contribution in [3.8, 4) is 0 Å². The Labute approximate surface area is 166 Å². The summed E-state index contributed by atoms with van der Waals surface area (Å²) in [7, 11) is 0. The number of benzene rings is 1. The third kappa shape index (κ3) is 4.54. The highest BCUT2D eigenvalue weighted by atomic mass is 16.5. The maximum atomic E-state index is 12.5. The molecule has 6 heteroatoms. The lowest BCUT2D eigenvalue weighted by Gasteiger charge is -2.39. The summed E-state index contributed by atoms with van der Waals surface area (Å²) in [6, 6.07) is 7.63. The largest absolute Gasteiger partial charge is 0.455 e. The number of nitrogens with one attached hydrogen (secondary N) is 1. The van der Waals surface area contributed by atoms with E-state index in [4.69, 9.17) is 4.74 Å². The number of hydrogen-bond acceptors (Lipinski definition) is 4. The first kappa shape index (κ1) is 20.4. The molecule has 4 atom stereocenters. The number of rotatable bonds is 5. The molecule has 1 aromatic rings. The van der Waals surface area contributed by atoms with Crippen LogP contribution < -0.4 is 5.32 Å². The third-order valence-corrected chi connectivity index (χ3v) is 6.32. The molecule has 1 heterocycles. The van der Waals surface area contributed by atoms with E-state index in [0.717, 1.165) is 18.4 Å². The standard InChI is InChI=1S/C22H30N2O4/c1-14-8-6-10-19(16(14)3)24-12-17(11-21(24)26)22(27)28-13-20(25)23-18-9-5-4-7-15(18)2/h4-5,7,9,14,16-17,19H,6,8,10-13H2,1-3H3,(H,23,25)/t14-,16-,17+,19+/m0/s1. The maximum absolute atomic E-state index is 12.5. The fraction of sp³-hybridized carbons (Fsp3) is 0.591. The summed E-state index contributed by atoms with van der Waals surface area (Å²) in [5.74, 6) is -0.277. The fourth-order valence-corrected chi connectivity index (χ4v) is 4.36. The average molecular weight is 386 g/mol. The van der Waals surface area contributed by atoms with Gasteiger partial charge in [0.05, 0.1) is 5.92 Å². The van der Waals surface area contributed by atoms with Gasteiger partial charge in [-0.25, -0.2) is 0 Å². The molecular formula is C22H30N2O4. The number of hydrogen-bond donors (Lipinski definition) is 1. The predicted molar refractivity (Wildman–Crippen MR) is 107 cm³/mol. The number of esters is 1. The molecule has 3 rings (SSSR count). The Hall–Kier alpha value is -2.37. The summed E-state index contributed by atoms with van der Waals surface area (Å²) >= 11 is 0. The zero-order valence-corrected chi connectivity index (χ0v) is 16.9. The van der Waals surface area contributed by atoms with Crippen molar-refractivity contribution < 1.29 is 19.1 Å². The molecule has 0 aromatic heterocycles. The van der Waals surface area contributed by atoms with Gasteiger partial charge in [-0.05, 0) is 36.8 Å². The first-order valence-electron chi connectivity index (χ1n) is 10.2. The molecule has 1 aliphatic heterocycles. The summed E-state index contributed by atoms with van der Waals surface area (Å²) in [5.41, 5.74) is 1.64. The third-order valence-electron chi connectivity index (χ3n) is 6.32. The zero-order chi connectivity index (χ0) is 20.3. The second-order valence-corrected chi connectivity index (χ2v) is 8.25. The number of carbonyl (C=O) groups excluding carboxylic acids is 3. The fourth-order valence-electron chi connectivity index (χ4n) is 4.36. The van der Waals surface area contributed by atoms with E-state index in [1.807, 2.05) is 30.0 Å². The van der Waals surface area contributed by atoms with E-state index in [1.54, 1.807) is 6.07 Å². The molecule has 152 valence electrons. The summed E-state index contributed by atoms with van der Waals surface area (Å²) in [6.07, 6.45) is 3.49. The Morgan fingerprint density at radius 2 is 1.96 bits per heavy atom. The van der Waals surface area contributed by atoms with Crippen LogP contribution in [0.25, 0.3) is 0 Å². The molecule has 0 bridgehead atoms. The highest BCUT2D eigenvalue weighted by Crippen LogP contribution is 2.35. The van der Waals surface area contributed by atoms with Crippen LogP contribution in [0, 0.1) is 24.7 Å². The molecule has 0 unspecified atom stereocenters. The van der Waals surface area contributed by atoms with E-state index < -0.39 is 11.9 Å². The minimum absolute atomic E-state index is 0.0252. The van der Waals surface area contributed by atoms with E-state index in [9.17, 15) is 14.4 Å². The Kier molecular flexibility index (Phi) is 6.37. The van der Waals surface area contributed by atoms with E-state index in [2.05, 4.69) is 19.2 Å². The van der Waals surface area contributed by atoms with Crippen LogP contribution >= 0.6 is 0 Å². The van der Waals surface area contributed by atoms with Gasteiger partial charge in [-0.1, -0.05) is 44.9 Å². The molecule has 1 N–H and O–H groups in total. The van der Waals surface area contributed by atoms with Gasteiger partial charge in [0.25, 0.3) is 5.91 Å². The molecule has 6 nitrogen and oxygen atoms in total. The van der Waals surface area contributed by atoms with E-state index in [-0.39, 0.29) is 30.9 Å². The normalized spacial score (nSPS) is 27.5. The van der Waals surface area contributed by atoms with Crippen LogP contribution in [0.4, 0.5) is 5.69 Å². The van der Waals surface area contributed by atoms with Crippen LogP contribution in [-0.4, -0.2) is 41.9 Å². The van der Waals surface area contributed by atoms with Crippen molar-refractivity contribution >= 4 is 23.5 Å². The topological polar surface area (TPSA) is 75.7 Å². The van der Waals surface area contributed by atoms with Gasteiger partial charge >= 0.3 is 5.97 Å². The number of anilines is 1. The molecule has 1 aromatic carbocycles. The van der Waals surface area contributed by atoms with Gasteiger partial charge in [0.2, 0.25) is 5.91 Å². The second kappa shape index (κ2) is 8.76. The molecule has 1 aliphatic carbocycles. The number of likely N-dealkylation sites (tertiary alicyclic amines) is 1. The van der Waals surface area contributed by atoms with Crippen LogP contribution in [0.3, 0.4) is 0 Å². The monoisotopic (exact) mass is 386 g/mol. The highest BCUT2D eigenvalue weighted by molar-refractivity contribution is 5.94. The molecule has 2 fully saturated rings. The number of ether oxygens (including phenoxy) is 1. The molecular weight excluding hydrogens is 356 g/mol. The summed E-state index contributed by atoms with van der Waals surface area (Å²) in [4.78, 5) is 38.9. The molecule has 0 spiro atoms. The molecule has 2 aliphatic rings. The number of aryl methyl sites for hydroxylation is 1. The SMILES string of the molecule is Cc1ccccc1NC(=O)COC(=O)[C@@H]1CC(=O)N([C@@H]2CCC[C@H](C)[C@@H]2C)C1. The number of carbonyl (C=O) groups is 3. The van der Waals surface area contributed by atoms with Gasteiger partial charge in [-0.3, -0.25) is 14.4 Å². The lowest BCUT2D eigenvalue weighted by Crippen LogP contribution is -2.45. The minimum Gasteiger partial charge on any atom is -0.455 e. The highest BCUT2D eigenvalue weighted by Gasteiger charge is 2.42. The van der Waals surface area contributed by atoms with E-state index in [1.165, 1.54) is 6.42 Å². The predicted octanol–water partition coefficient (Wildman–Crippen LogP) is 3.15. The Morgan fingerprint density at radius 3 is 2.71 bits per heavy atom. The molecule has 0 radical (unpaired) electrons. The molecule has 28 heavy (non-hydrogen) atoms. The molecule has 1 saturated heterocycles. The van der Waals surface area contributed by atoms with Crippen LogP contribution in [0.2, 0.25) is 0 Å². The van der Waals surface area contributed by atoms with Crippen molar-refractivity contribution in [1.82, 2.24) is 4.90 Å². The van der Waals surface area contributed by atoms with Crippen LogP contribution in [-0.2, 0) is 19.1 Å². The Bertz CT molecular complexity index is 748. The van der Waals surface area contributed by atoms with Crippen molar-refractivity contribution in [2.24, 2.45) is 17.8 Å². The summed E-state index contributed by atoms with van der Waals surface area (Å²) in [6.45, 7) is 6.39. The lowest BCUT2D eigenvalue weighted by molar-refractivity contribution is -0.151. The zero-order valence-electron chi connectivity index (χ0n) is 16.9. The van der Waals surface area contributed by atoms with Crippen molar-refractivity contribution in [3.05, 3.63) is 29.8 Å². The first-order valence-corrected chi connectivity index (χ1v) is 10.2. The van der Waals surface area contributed by atoms with Crippen molar-refractivity contribution in [2.75, 3.05) is 18.5 Å². The van der Waals surface area contributed by atoms with Gasteiger partial charge in [-0.2, -0.15) is 0 Å². The molecule has 1 saturated carbocycles. The van der Waals surface area contributed by atoms with Crippen LogP contribution in [0.5, 0.6) is 0 Å². The van der Waals surface area contributed by atoms with Gasteiger partial charge in [0.1, 0.15) is 0 Å². The van der Waals surface area contributed by atoms with Crippen molar-refractivity contribution in [3.63, 3.8) is 0 Å². The van der Waals surface area contributed by atoms with E-state index >= 15 is 0 Å². The van der Waals surface area contributed by atoms with Gasteiger partial charge in [0.15, 0.2) is 6.61 Å². The van der Waals surface area contributed by atoms with Gasteiger partial charge in [-0.15, -0.1) is 0 Å². The number of nitrogens with zero attached hydrogens (tertiary/aromatic N) is 1. The second-order valence-electron chi connectivity index (χ2n) is 8.25. The van der Waals surface area contributed by atoms with Crippen molar-refractivity contribution in [2.45, 2.75) is 52.5 Å². The number of para-hydroxylation sites is 1. The molecule has 2 amide bonds. The van der Waals surface area contributed by atoms with E-state index in [0.29, 0.717) is 24.1 Å². The first-order chi connectivity index (χ1) is 13.4. The lowest BCUT2D eigenvalue weighted by atomic mass is 9.77. The minimum atomic E-state index is -0.483. The quantitative estimate of drug-likeness (QED) is 0.789. The van der Waals surface area contributed by atoms with Crippen LogP contribution in [0.15, 0.2) is 24.3 Å². The van der Waals surface area contributed by atoms with Crippen molar-refractivity contribution in [1.29, 1.82) is 0 Å². The smallest absolute Gasteiger partial charge is 0.311 e. The summed E-state index contributed by atoms with van der Waals surface area (Å²) in [5, 5.41) is 2.74. The number of amides is 2. The van der Waals surface area contributed by atoms with Gasteiger partial charge in [0, 0.05) is 24.7 Å². The Morgan fingerprint density at radius 1 is 1.21 bits per heavy atom. The average Bonchev–Trinajstić information content (AvgIpc) is 3.05. The van der Waals surface area contributed by atoms with Crippen LogP contribution in [0.1, 0.15) is 45.1 Å². The summed E-state index contributed by atoms with van der Waals surface area (Å²) < 4.78 is 5.20. The van der Waals surface area contributed by atoms with Gasteiger partial charge < -0.3 is 15.0 Å². The maximum Gasteiger partial charge on any atom is 0.311 e. The Balaban J connectivity index is 1.50.